The van der Waals surface area contributed by atoms with Crippen LogP contribution < -0.4 is 4.90 Å². The molecular formula is C16H21N5O2. The van der Waals surface area contributed by atoms with Crippen molar-refractivity contribution in [3.8, 4) is 0 Å². The van der Waals surface area contributed by atoms with Crippen molar-refractivity contribution in [3.63, 3.8) is 0 Å². The Balaban J connectivity index is 1.55. The van der Waals surface area contributed by atoms with Crippen LogP contribution in [0.25, 0.3) is 5.65 Å². The van der Waals surface area contributed by atoms with Crippen LogP contribution in [0.15, 0.2) is 24.8 Å². The number of likely N-dealkylation sites (tertiary alicyclic amines) is 1. The number of hydrogen-bond donors (Lipinski definition) is 0. The standard InChI is InChI=1S/C16H21N5O2/c1-23-9-8-19-5-2-16(15(19)22)3-6-20(12-16)14-11-17-10-13-18-4-7-21(13)14/h4,7,10-11H,2-3,5-6,8-9,12H2,1H3. The first kappa shape index (κ1) is 14.4. The van der Waals surface area contributed by atoms with Crippen molar-refractivity contribution in [3.05, 3.63) is 24.8 Å². The molecule has 2 aromatic rings. The van der Waals surface area contributed by atoms with Crippen LogP contribution in [0.2, 0.25) is 0 Å². The molecule has 0 aliphatic carbocycles. The molecule has 0 radical (unpaired) electrons. The smallest absolute Gasteiger partial charge is 0.230 e. The van der Waals surface area contributed by atoms with E-state index < -0.39 is 0 Å². The summed E-state index contributed by atoms with van der Waals surface area (Å²) >= 11 is 0. The summed E-state index contributed by atoms with van der Waals surface area (Å²) in [4.78, 5) is 25.6. The predicted molar refractivity (Wildman–Crippen MR) is 85.3 cm³/mol. The molecule has 7 heteroatoms. The highest BCUT2D eigenvalue weighted by atomic mass is 16.5. The molecule has 23 heavy (non-hydrogen) atoms. The summed E-state index contributed by atoms with van der Waals surface area (Å²) in [6.45, 7) is 3.76. The molecule has 4 rings (SSSR count). The molecule has 0 N–H and O–H groups in total. The van der Waals surface area contributed by atoms with E-state index in [9.17, 15) is 4.79 Å². The van der Waals surface area contributed by atoms with Gasteiger partial charge in [0.1, 0.15) is 5.82 Å². The van der Waals surface area contributed by atoms with Crippen LogP contribution in [0.5, 0.6) is 0 Å². The molecule has 2 aliphatic rings. The summed E-state index contributed by atoms with van der Waals surface area (Å²) in [6, 6.07) is 0. The van der Waals surface area contributed by atoms with Gasteiger partial charge < -0.3 is 14.5 Å². The average molecular weight is 315 g/mol. The number of ether oxygens (including phenoxy) is 1. The van der Waals surface area contributed by atoms with Crippen molar-refractivity contribution in [2.45, 2.75) is 12.8 Å². The van der Waals surface area contributed by atoms with E-state index >= 15 is 0 Å². The normalized spacial score (nSPS) is 24.5. The number of amides is 1. The lowest BCUT2D eigenvalue weighted by atomic mass is 9.85. The van der Waals surface area contributed by atoms with Crippen molar-refractivity contribution in [1.82, 2.24) is 19.3 Å². The molecule has 122 valence electrons. The second kappa shape index (κ2) is 5.49. The van der Waals surface area contributed by atoms with E-state index in [-0.39, 0.29) is 11.3 Å². The molecule has 7 nitrogen and oxygen atoms in total. The maximum atomic E-state index is 12.8. The second-order valence-electron chi connectivity index (χ2n) is 6.41. The van der Waals surface area contributed by atoms with Crippen LogP contribution >= 0.6 is 0 Å². The molecule has 2 saturated heterocycles. The van der Waals surface area contributed by atoms with Gasteiger partial charge in [-0.15, -0.1) is 0 Å². The predicted octanol–water partition coefficient (Wildman–Crippen LogP) is 0.804. The number of methoxy groups -OCH3 is 1. The van der Waals surface area contributed by atoms with Crippen molar-refractivity contribution >= 4 is 17.4 Å². The van der Waals surface area contributed by atoms with Gasteiger partial charge >= 0.3 is 0 Å². The topological polar surface area (TPSA) is 63.0 Å². The Hall–Kier alpha value is -2.15. The van der Waals surface area contributed by atoms with Gasteiger partial charge in [-0.3, -0.25) is 14.2 Å². The number of hydrogen-bond acceptors (Lipinski definition) is 5. The number of imidazole rings is 1. The molecule has 0 aromatic carbocycles. The summed E-state index contributed by atoms with van der Waals surface area (Å²) < 4.78 is 7.15. The molecule has 0 saturated carbocycles. The number of rotatable bonds is 4. The fourth-order valence-corrected chi connectivity index (χ4v) is 3.83. The Morgan fingerprint density at radius 1 is 1.30 bits per heavy atom. The quantitative estimate of drug-likeness (QED) is 0.835. The molecule has 1 unspecified atom stereocenters. The SMILES string of the molecule is COCCN1CCC2(CCN(c3cncc4nccn34)C2)C1=O. The maximum Gasteiger partial charge on any atom is 0.230 e. The van der Waals surface area contributed by atoms with Crippen LogP contribution in [0, 0.1) is 5.41 Å². The van der Waals surface area contributed by atoms with E-state index in [2.05, 4.69) is 14.9 Å². The fourth-order valence-electron chi connectivity index (χ4n) is 3.83. The summed E-state index contributed by atoms with van der Waals surface area (Å²) in [7, 11) is 1.67. The number of carbonyl (C=O) groups is 1. The lowest BCUT2D eigenvalue weighted by molar-refractivity contribution is -0.135. The Morgan fingerprint density at radius 3 is 3.04 bits per heavy atom. The Morgan fingerprint density at radius 2 is 2.17 bits per heavy atom. The van der Waals surface area contributed by atoms with E-state index in [4.69, 9.17) is 4.74 Å². The highest BCUT2D eigenvalue weighted by Crippen LogP contribution is 2.41. The first-order valence-electron chi connectivity index (χ1n) is 8.04. The molecule has 0 bridgehead atoms. The van der Waals surface area contributed by atoms with Crippen LogP contribution in [0.1, 0.15) is 12.8 Å². The Labute approximate surface area is 134 Å². The van der Waals surface area contributed by atoms with Gasteiger partial charge in [0.25, 0.3) is 0 Å². The fraction of sp³-hybridized carbons (Fsp3) is 0.562. The average Bonchev–Trinajstić information content (AvgIpc) is 3.27. The lowest BCUT2D eigenvalue weighted by Crippen LogP contribution is -2.38. The molecule has 2 aromatic heterocycles. The van der Waals surface area contributed by atoms with Gasteiger partial charge in [-0.25, -0.2) is 4.98 Å². The van der Waals surface area contributed by atoms with Crippen LogP contribution in [-0.2, 0) is 9.53 Å². The van der Waals surface area contributed by atoms with Crippen molar-refractivity contribution < 1.29 is 9.53 Å². The third-order valence-electron chi connectivity index (χ3n) is 5.14. The summed E-state index contributed by atoms with van der Waals surface area (Å²) in [5, 5.41) is 0. The molecular weight excluding hydrogens is 294 g/mol. The zero-order valence-electron chi connectivity index (χ0n) is 13.3. The largest absolute Gasteiger partial charge is 0.383 e. The summed E-state index contributed by atoms with van der Waals surface area (Å²) in [6.07, 6.45) is 9.16. The number of carbonyl (C=O) groups excluding carboxylic acids is 1. The van der Waals surface area contributed by atoms with E-state index in [0.29, 0.717) is 13.2 Å². The Bertz CT molecular complexity index is 730. The van der Waals surface area contributed by atoms with Crippen LogP contribution in [-0.4, -0.2) is 65.1 Å². The van der Waals surface area contributed by atoms with Gasteiger partial charge in [0.2, 0.25) is 5.91 Å². The third-order valence-corrected chi connectivity index (χ3v) is 5.14. The molecule has 1 atom stereocenters. The van der Waals surface area contributed by atoms with E-state index in [1.165, 1.54) is 0 Å². The molecule has 4 heterocycles. The van der Waals surface area contributed by atoms with E-state index in [1.54, 1.807) is 19.5 Å². The third kappa shape index (κ3) is 2.26. The zero-order valence-corrected chi connectivity index (χ0v) is 13.3. The van der Waals surface area contributed by atoms with Crippen LogP contribution in [0.3, 0.4) is 0 Å². The minimum Gasteiger partial charge on any atom is -0.383 e. The Kier molecular flexibility index (Phi) is 3.45. The second-order valence-corrected chi connectivity index (χ2v) is 6.41. The highest BCUT2D eigenvalue weighted by molar-refractivity contribution is 5.86. The minimum atomic E-state index is -0.240. The monoisotopic (exact) mass is 315 g/mol. The van der Waals surface area contributed by atoms with Gasteiger partial charge in [0, 0.05) is 45.7 Å². The van der Waals surface area contributed by atoms with Crippen molar-refractivity contribution in [1.29, 1.82) is 0 Å². The number of fused-ring (bicyclic) bond motifs is 1. The van der Waals surface area contributed by atoms with E-state index in [0.717, 1.165) is 43.9 Å². The number of anilines is 1. The van der Waals surface area contributed by atoms with Crippen LogP contribution in [0.4, 0.5) is 5.82 Å². The summed E-state index contributed by atoms with van der Waals surface area (Å²) in [5.41, 5.74) is 0.596. The number of aromatic nitrogens is 3. The van der Waals surface area contributed by atoms with Gasteiger partial charge in [0.05, 0.1) is 24.4 Å². The molecule has 1 amide bonds. The zero-order chi connectivity index (χ0) is 15.9. The van der Waals surface area contributed by atoms with Crippen molar-refractivity contribution in [2.75, 3.05) is 44.8 Å². The van der Waals surface area contributed by atoms with Gasteiger partial charge in [-0.1, -0.05) is 0 Å². The molecule has 1 spiro atoms. The minimum absolute atomic E-state index is 0.240. The maximum absolute atomic E-state index is 12.8. The summed E-state index contributed by atoms with van der Waals surface area (Å²) in [5.74, 6) is 1.29. The lowest BCUT2D eigenvalue weighted by Gasteiger charge is -2.24. The number of nitrogens with zero attached hydrogens (tertiary/aromatic N) is 5. The molecule has 2 aliphatic heterocycles. The highest BCUT2D eigenvalue weighted by Gasteiger charge is 2.50. The van der Waals surface area contributed by atoms with Gasteiger partial charge in [-0.05, 0) is 12.8 Å². The van der Waals surface area contributed by atoms with Gasteiger partial charge in [-0.2, -0.15) is 0 Å². The van der Waals surface area contributed by atoms with Gasteiger partial charge in [0.15, 0.2) is 5.65 Å². The first-order valence-corrected chi connectivity index (χ1v) is 8.04. The first-order chi connectivity index (χ1) is 11.2. The molecule has 2 fully saturated rings. The van der Waals surface area contributed by atoms with E-state index in [1.807, 2.05) is 21.7 Å². The van der Waals surface area contributed by atoms with Crippen molar-refractivity contribution in [2.24, 2.45) is 5.41 Å².